The maximum atomic E-state index is 13.3. The van der Waals surface area contributed by atoms with Gasteiger partial charge < -0.3 is 10.2 Å². The van der Waals surface area contributed by atoms with E-state index in [0.29, 0.717) is 22.8 Å². The zero-order valence-electron chi connectivity index (χ0n) is 17.9. The Labute approximate surface area is 192 Å². The van der Waals surface area contributed by atoms with Gasteiger partial charge in [0.2, 0.25) is 0 Å². The predicted molar refractivity (Wildman–Crippen MR) is 127 cm³/mol. The fourth-order valence-electron chi connectivity index (χ4n) is 3.57. The molecule has 1 N–H and O–H groups in total. The van der Waals surface area contributed by atoms with E-state index in [4.69, 9.17) is 16.7 Å². The number of halogens is 1. The molecule has 0 saturated heterocycles. The highest BCUT2D eigenvalue weighted by atomic mass is 35.5. The molecule has 1 atom stereocenters. The summed E-state index contributed by atoms with van der Waals surface area (Å²) in [5.41, 5.74) is 3.69. The molecule has 1 amide bonds. The second-order valence-corrected chi connectivity index (χ2v) is 8.03. The van der Waals surface area contributed by atoms with Crippen LogP contribution in [0.15, 0.2) is 85.3 Å². The minimum atomic E-state index is -0.204. The van der Waals surface area contributed by atoms with Crippen molar-refractivity contribution in [2.24, 2.45) is 0 Å². The van der Waals surface area contributed by atoms with Gasteiger partial charge in [0.05, 0.1) is 17.3 Å². The molecule has 0 spiro atoms. The summed E-state index contributed by atoms with van der Waals surface area (Å²) >= 11 is 6.41. The quantitative estimate of drug-likeness (QED) is 0.451. The van der Waals surface area contributed by atoms with Crippen molar-refractivity contribution in [3.8, 4) is 16.9 Å². The molecule has 0 aliphatic rings. The van der Waals surface area contributed by atoms with Crippen molar-refractivity contribution in [2.75, 3.05) is 20.6 Å². The number of carbonyl (C=O) groups excluding carboxylic acids is 1. The van der Waals surface area contributed by atoms with Gasteiger partial charge in [0.15, 0.2) is 0 Å². The van der Waals surface area contributed by atoms with E-state index < -0.39 is 0 Å². The molecule has 0 aliphatic heterocycles. The van der Waals surface area contributed by atoms with E-state index in [9.17, 15) is 4.79 Å². The Bertz CT molecular complexity index is 1190. The molecule has 0 radical (unpaired) electrons. The number of amides is 1. The van der Waals surface area contributed by atoms with E-state index in [2.05, 4.69) is 10.3 Å². The van der Waals surface area contributed by atoms with E-state index in [1.54, 1.807) is 23.3 Å². The Morgan fingerprint density at radius 3 is 2.50 bits per heavy atom. The van der Waals surface area contributed by atoms with Crippen LogP contribution in [-0.2, 0) is 0 Å². The number of likely N-dealkylation sites (N-methyl/N-ethyl adjacent to an activating group) is 1. The molecule has 4 rings (SSSR count). The van der Waals surface area contributed by atoms with Crippen LogP contribution < -0.4 is 5.32 Å². The molecular formula is C25H24ClN5O. The van der Waals surface area contributed by atoms with Crippen LogP contribution in [0, 0.1) is 0 Å². The number of rotatable bonds is 7. The third-order valence-corrected chi connectivity index (χ3v) is 5.60. The molecule has 162 valence electrons. The van der Waals surface area contributed by atoms with Gasteiger partial charge in [0, 0.05) is 35.7 Å². The predicted octanol–water partition coefficient (Wildman–Crippen LogP) is 4.62. The van der Waals surface area contributed by atoms with Crippen molar-refractivity contribution < 1.29 is 4.79 Å². The van der Waals surface area contributed by atoms with Crippen LogP contribution in [0.1, 0.15) is 22.0 Å². The number of nitrogens with one attached hydrogen (secondary N) is 1. The SMILES string of the molecule is CN(C)C(CNC(=O)c1cn(-c2ccccc2)nc1-c1cccnc1)c1ccccc1Cl. The van der Waals surface area contributed by atoms with Gasteiger partial charge in [0.25, 0.3) is 5.91 Å². The number of nitrogens with zero attached hydrogens (tertiary/aromatic N) is 4. The number of pyridine rings is 1. The summed E-state index contributed by atoms with van der Waals surface area (Å²) in [6, 6.07) is 21.1. The Balaban J connectivity index is 1.64. The molecule has 2 aromatic heterocycles. The van der Waals surface area contributed by atoms with Gasteiger partial charge in [-0.15, -0.1) is 0 Å². The molecule has 0 bridgehead atoms. The van der Waals surface area contributed by atoms with Gasteiger partial charge in [-0.1, -0.05) is 48.0 Å². The zero-order chi connectivity index (χ0) is 22.5. The minimum absolute atomic E-state index is 0.0707. The highest BCUT2D eigenvalue weighted by molar-refractivity contribution is 6.31. The maximum absolute atomic E-state index is 13.3. The molecule has 7 heteroatoms. The molecule has 0 fully saturated rings. The maximum Gasteiger partial charge on any atom is 0.255 e. The summed E-state index contributed by atoms with van der Waals surface area (Å²) in [6.45, 7) is 0.401. The fraction of sp³-hybridized carbons (Fsp3) is 0.160. The van der Waals surface area contributed by atoms with Crippen LogP contribution >= 0.6 is 11.6 Å². The van der Waals surface area contributed by atoms with Crippen LogP contribution in [0.3, 0.4) is 0 Å². The van der Waals surface area contributed by atoms with Crippen LogP contribution in [0.25, 0.3) is 16.9 Å². The monoisotopic (exact) mass is 445 g/mol. The first-order chi connectivity index (χ1) is 15.5. The topological polar surface area (TPSA) is 63.1 Å². The first kappa shape index (κ1) is 21.7. The van der Waals surface area contributed by atoms with E-state index in [-0.39, 0.29) is 11.9 Å². The summed E-state index contributed by atoms with van der Waals surface area (Å²) in [6.07, 6.45) is 5.16. The Hall–Kier alpha value is -3.48. The Morgan fingerprint density at radius 2 is 1.81 bits per heavy atom. The largest absolute Gasteiger partial charge is 0.350 e. The second-order valence-electron chi connectivity index (χ2n) is 7.62. The van der Waals surface area contributed by atoms with Gasteiger partial charge in [-0.25, -0.2) is 4.68 Å². The number of benzene rings is 2. The lowest BCUT2D eigenvalue weighted by Crippen LogP contribution is -2.34. The van der Waals surface area contributed by atoms with E-state index >= 15 is 0 Å². The number of carbonyl (C=O) groups is 1. The molecule has 2 aromatic carbocycles. The molecular weight excluding hydrogens is 422 g/mol. The fourth-order valence-corrected chi connectivity index (χ4v) is 3.83. The van der Waals surface area contributed by atoms with Crippen molar-refractivity contribution in [2.45, 2.75) is 6.04 Å². The van der Waals surface area contributed by atoms with Crippen LogP contribution in [0.5, 0.6) is 0 Å². The molecule has 2 heterocycles. The standard InChI is InChI=1S/C25H24ClN5O/c1-30(2)23(20-12-6-7-13-22(20)26)16-28-25(32)21-17-31(19-10-4-3-5-11-19)29-24(21)18-9-8-14-27-15-18/h3-15,17,23H,16H2,1-2H3,(H,28,32). The van der Waals surface area contributed by atoms with Crippen molar-refractivity contribution in [1.29, 1.82) is 0 Å². The number of para-hydroxylation sites is 1. The number of hydrogen-bond acceptors (Lipinski definition) is 4. The average molecular weight is 446 g/mol. The highest BCUT2D eigenvalue weighted by Gasteiger charge is 2.22. The first-order valence-electron chi connectivity index (χ1n) is 10.3. The lowest BCUT2D eigenvalue weighted by molar-refractivity contribution is 0.0942. The van der Waals surface area contributed by atoms with Crippen LogP contribution in [0.2, 0.25) is 5.02 Å². The van der Waals surface area contributed by atoms with E-state index in [1.807, 2.05) is 85.7 Å². The van der Waals surface area contributed by atoms with Crippen molar-refractivity contribution in [1.82, 2.24) is 25.0 Å². The van der Waals surface area contributed by atoms with E-state index in [1.165, 1.54) is 0 Å². The van der Waals surface area contributed by atoms with Gasteiger partial charge >= 0.3 is 0 Å². The van der Waals surface area contributed by atoms with Crippen LogP contribution in [0.4, 0.5) is 0 Å². The molecule has 0 aliphatic carbocycles. The third-order valence-electron chi connectivity index (χ3n) is 5.26. The summed E-state index contributed by atoms with van der Waals surface area (Å²) in [7, 11) is 3.93. The molecule has 32 heavy (non-hydrogen) atoms. The molecule has 6 nitrogen and oxygen atoms in total. The first-order valence-corrected chi connectivity index (χ1v) is 10.7. The number of aromatic nitrogens is 3. The summed E-state index contributed by atoms with van der Waals surface area (Å²) < 4.78 is 1.72. The van der Waals surface area contributed by atoms with Crippen molar-refractivity contribution in [3.05, 3.63) is 101 Å². The average Bonchev–Trinajstić information content (AvgIpc) is 3.27. The summed E-state index contributed by atoms with van der Waals surface area (Å²) in [5.74, 6) is -0.204. The zero-order valence-corrected chi connectivity index (χ0v) is 18.7. The Kier molecular flexibility index (Phi) is 6.63. The third kappa shape index (κ3) is 4.72. The van der Waals surface area contributed by atoms with E-state index in [0.717, 1.165) is 16.8 Å². The lowest BCUT2D eigenvalue weighted by Gasteiger charge is -2.26. The van der Waals surface area contributed by atoms with Gasteiger partial charge in [-0.2, -0.15) is 5.10 Å². The van der Waals surface area contributed by atoms with Gasteiger partial charge in [-0.3, -0.25) is 9.78 Å². The second kappa shape index (κ2) is 9.77. The lowest BCUT2D eigenvalue weighted by atomic mass is 10.1. The minimum Gasteiger partial charge on any atom is -0.350 e. The highest BCUT2D eigenvalue weighted by Crippen LogP contribution is 2.26. The van der Waals surface area contributed by atoms with Crippen LogP contribution in [-0.4, -0.2) is 46.2 Å². The van der Waals surface area contributed by atoms with Crippen molar-refractivity contribution in [3.63, 3.8) is 0 Å². The Morgan fingerprint density at radius 1 is 1.06 bits per heavy atom. The van der Waals surface area contributed by atoms with Gasteiger partial charge in [0.1, 0.15) is 5.69 Å². The summed E-state index contributed by atoms with van der Waals surface area (Å²) in [4.78, 5) is 19.5. The normalized spacial score (nSPS) is 12.0. The molecule has 0 saturated carbocycles. The molecule has 1 unspecified atom stereocenters. The molecule has 4 aromatic rings. The number of hydrogen-bond donors (Lipinski definition) is 1. The smallest absolute Gasteiger partial charge is 0.255 e. The van der Waals surface area contributed by atoms with Crippen molar-refractivity contribution >= 4 is 17.5 Å². The van der Waals surface area contributed by atoms with Gasteiger partial charge in [-0.05, 0) is 50.0 Å². The summed E-state index contributed by atoms with van der Waals surface area (Å²) in [5, 5.41) is 8.43.